The van der Waals surface area contributed by atoms with Crippen molar-refractivity contribution < 1.29 is 48.7 Å². The monoisotopic (exact) mass is 416 g/mol. The zero-order valence-electron chi connectivity index (χ0n) is 19.4. The van der Waals surface area contributed by atoms with E-state index in [0.717, 1.165) is 25.7 Å². The van der Waals surface area contributed by atoms with Gasteiger partial charge >= 0.3 is 29.6 Å². The van der Waals surface area contributed by atoms with Crippen LogP contribution in [0.5, 0.6) is 0 Å². The van der Waals surface area contributed by atoms with Crippen molar-refractivity contribution in [1.29, 1.82) is 0 Å². The molecule has 6 heteroatoms. The molecule has 0 spiro atoms. The van der Waals surface area contributed by atoms with Gasteiger partial charge in [-0.25, -0.2) is 0 Å². The van der Waals surface area contributed by atoms with Crippen molar-refractivity contribution in [1.82, 2.24) is 0 Å². The molecule has 0 fully saturated rings. The fourth-order valence-corrected chi connectivity index (χ4v) is 4.03. The van der Waals surface area contributed by atoms with Gasteiger partial charge in [-0.1, -0.05) is 104 Å². The van der Waals surface area contributed by atoms with Crippen molar-refractivity contribution in [2.24, 2.45) is 0 Å². The first-order valence-corrected chi connectivity index (χ1v) is 12.7. The molecule has 0 saturated heterocycles. The van der Waals surface area contributed by atoms with Crippen molar-refractivity contribution in [2.75, 3.05) is 12.4 Å². The quantitative estimate of drug-likeness (QED) is 0.187. The summed E-state index contributed by atoms with van der Waals surface area (Å²) in [7, 11) is -3.95. The second-order valence-electron chi connectivity index (χ2n) is 7.63. The average Bonchev–Trinajstić information content (AvgIpc) is 2.58. The summed E-state index contributed by atoms with van der Waals surface area (Å²) >= 11 is 0. The minimum absolute atomic E-state index is 0. The summed E-state index contributed by atoms with van der Waals surface area (Å²) in [5.74, 6) is -0.272. The molecule has 0 amide bonds. The van der Waals surface area contributed by atoms with E-state index in [2.05, 4.69) is 6.92 Å². The second kappa shape index (κ2) is 21.6. The van der Waals surface area contributed by atoms with Crippen LogP contribution in [0, 0.1) is 0 Å². The smallest absolute Gasteiger partial charge is 1.00 e. The van der Waals surface area contributed by atoms with E-state index in [9.17, 15) is 8.42 Å². The predicted molar refractivity (Wildman–Crippen MR) is 112 cm³/mol. The van der Waals surface area contributed by atoms with E-state index >= 15 is 0 Å². The molecule has 0 radical (unpaired) electrons. The Kier molecular flexibility index (Phi) is 24.0. The van der Waals surface area contributed by atoms with E-state index in [0.29, 0.717) is 6.61 Å². The number of hydrogen-bond donors (Lipinski definition) is 1. The zero-order valence-corrected chi connectivity index (χ0v) is 21.2. The molecule has 0 rings (SSSR count). The summed E-state index contributed by atoms with van der Waals surface area (Å²) < 4.78 is 36.6. The Morgan fingerprint density at radius 3 is 1.52 bits per heavy atom. The number of unbranched alkanes of at least 4 members (excludes halogenated alkanes) is 13. The third kappa shape index (κ3) is 24.8. The van der Waals surface area contributed by atoms with E-state index in [1.807, 2.05) is 6.92 Å². The van der Waals surface area contributed by atoms with Crippen molar-refractivity contribution in [3.05, 3.63) is 0 Å². The van der Waals surface area contributed by atoms with Crippen LogP contribution in [0.15, 0.2) is 0 Å². The Morgan fingerprint density at radius 2 is 1.15 bits per heavy atom. The molecule has 1 N–H and O–H groups in total. The van der Waals surface area contributed by atoms with Crippen LogP contribution in [0.3, 0.4) is 0 Å². The maximum atomic E-state index is 11.0. The molecule has 4 nitrogen and oxygen atoms in total. The van der Waals surface area contributed by atoms with Gasteiger partial charge < -0.3 is 6.16 Å². The molecule has 27 heavy (non-hydrogen) atoms. The van der Waals surface area contributed by atoms with Gasteiger partial charge in [0.25, 0.3) is 10.1 Å². The first kappa shape index (κ1) is 30.1. The van der Waals surface area contributed by atoms with Gasteiger partial charge in [0.15, 0.2) is 0 Å². The van der Waals surface area contributed by atoms with E-state index in [4.69, 9.17) is 9.29 Å². The molecular formula is C21H45NaO4S. The molecule has 0 bridgehead atoms. The molecule has 0 heterocycles. The molecule has 0 aliphatic heterocycles. The van der Waals surface area contributed by atoms with E-state index in [1.54, 1.807) is 0 Å². The first-order valence-electron chi connectivity index (χ1n) is 11.1. The molecule has 0 aromatic heterocycles. The molecular weight excluding hydrogens is 371 g/mol. The van der Waals surface area contributed by atoms with Gasteiger partial charge in [-0.05, 0) is 12.8 Å². The van der Waals surface area contributed by atoms with Crippen molar-refractivity contribution in [3.63, 3.8) is 0 Å². The molecule has 0 aliphatic rings. The van der Waals surface area contributed by atoms with Gasteiger partial charge in [0.1, 0.15) is 5.75 Å². The van der Waals surface area contributed by atoms with Crippen LogP contribution >= 0.6 is 0 Å². The first-order chi connectivity index (χ1) is 12.5. The van der Waals surface area contributed by atoms with Crippen LogP contribution in [-0.2, 0) is 14.9 Å². The molecule has 160 valence electrons. The van der Waals surface area contributed by atoms with E-state index in [1.165, 1.54) is 77.0 Å². The van der Waals surface area contributed by atoms with Crippen molar-refractivity contribution in [2.45, 2.75) is 123 Å². The third-order valence-corrected chi connectivity index (χ3v) is 5.63. The van der Waals surface area contributed by atoms with Crippen LogP contribution in [0.2, 0.25) is 0 Å². The van der Waals surface area contributed by atoms with Gasteiger partial charge in [-0.3, -0.25) is 4.55 Å². The fourth-order valence-electron chi connectivity index (χ4n) is 3.30. The van der Waals surface area contributed by atoms with Gasteiger partial charge in [-0.2, -0.15) is 8.42 Å². The van der Waals surface area contributed by atoms with Crippen LogP contribution < -0.4 is 29.6 Å². The standard InChI is InChI=1S/C21H44O4S.Na.H/c1-3-5-6-7-8-9-10-11-12-13-14-15-16-17-18-21(25-19-4-2)20-26(22,23)24;;/h21H,3-20H2,1-2H3,(H,22,23,24);;/q;+1;-1. The minimum atomic E-state index is -3.95. The topological polar surface area (TPSA) is 63.6 Å². The Morgan fingerprint density at radius 1 is 0.741 bits per heavy atom. The Labute approximate surface area is 193 Å². The summed E-state index contributed by atoms with van der Waals surface area (Å²) in [5.41, 5.74) is 0. The Balaban J connectivity index is -0.00000312. The minimum Gasteiger partial charge on any atom is -1.00 e. The normalized spacial score (nSPS) is 12.7. The SMILES string of the molecule is CCCCCCCCCCCCCCCCC(CS(=O)(=O)O)OCCC.[H-].[Na+]. The van der Waals surface area contributed by atoms with Crippen LogP contribution in [0.1, 0.15) is 118 Å². The fraction of sp³-hybridized carbons (Fsp3) is 1.00. The predicted octanol–water partition coefficient (Wildman–Crippen LogP) is 3.66. The molecule has 1 unspecified atom stereocenters. The van der Waals surface area contributed by atoms with Crippen LogP contribution in [0.25, 0.3) is 0 Å². The average molecular weight is 417 g/mol. The molecule has 0 aromatic carbocycles. The van der Waals surface area contributed by atoms with Crippen LogP contribution in [-0.4, -0.2) is 31.4 Å². The maximum absolute atomic E-state index is 11.0. The molecule has 0 aromatic rings. The van der Waals surface area contributed by atoms with Gasteiger partial charge in [0, 0.05) is 6.61 Å². The van der Waals surface area contributed by atoms with E-state index in [-0.39, 0.29) is 42.8 Å². The third-order valence-electron chi connectivity index (χ3n) is 4.83. The van der Waals surface area contributed by atoms with Gasteiger partial charge in [-0.15, -0.1) is 0 Å². The number of rotatable bonds is 20. The van der Waals surface area contributed by atoms with Crippen molar-refractivity contribution >= 4 is 10.1 Å². The van der Waals surface area contributed by atoms with Crippen molar-refractivity contribution in [3.8, 4) is 0 Å². The van der Waals surface area contributed by atoms with Gasteiger partial charge in [0.05, 0.1) is 6.10 Å². The number of hydrogen-bond acceptors (Lipinski definition) is 3. The van der Waals surface area contributed by atoms with E-state index < -0.39 is 10.1 Å². The summed E-state index contributed by atoms with van der Waals surface area (Å²) in [4.78, 5) is 0. The second-order valence-corrected chi connectivity index (χ2v) is 9.12. The van der Waals surface area contributed by atoms with Crippen LogP contribution in [0.4, 0.5) is 0 Å². The molecule has 0 saturated carbocycles. The zero-order chi connectivity index (χ0) is 19.5. The maximum Gasteiger partial charge on any atom is 1.00 e. The Bertz CT molecular complexity index is 394. The number of ether oxygens (including phenoxy) is 1. The largest absolute Gasteiger partial charge is 1.00 e. The summed E-state index contributed by atoms with van der Waals surface area (Å²) in [6, 6.07) is 0. The summed E-state index contributed by atoms with van der Waals surface area (Å²) in [6.07, 6.45) is 19.6. The molecule has 1 atom stereocenters. The summed E-state index contributed by atoms with van der Waals surface area (Å²) in [5, 5.41) is 0. The molecule has 0 aliphatic carbocycles. The van der Waals surface area contributed by atoms with Gasteiger partial charge in [0.2, 0.25) is 0 Å². The summed E-state index contributed by atoms with van der Waals surface area (Å²) in [6.45, 7) is 4.81. The Hall–Kier alpha value is 0.870.